The SMILES string of the molecule is [B]c1cnn2c(NCc3cccc(NC(=O)c4ccccc4Cc4ccccc4)c3)cc(-c3ccccc3O)nc12. The van der Waals surface area contributed by atoms with E-state index in [-0.39, 0.29) is 11.7 Å². The molecule has 2 heterocycles. The number of carbonyl (C=O) groups is 1. The van der Waals surface area contributed by atoms with Gasteiger partial charge >= 0.3 is 0 Å². The number of fused-ring (bicyclic) bond motifs is 1. The van der Waals surface area contributed by atoms with Gasteiger partial charge in [-0.05, 0) is 58.9 Å². The fraction of sp³-hybridized carbons (Fsp3) is 0.0606. The van der Waals surface area contributed by atoms with Crippen LogP contribution in [0, 0.1) is 0 Å². The van der Waals surface area contributed by atoms with Crippen molar-refractivity contribution >= 4 is 36.4 Å². The van der Waals surface area contributed by atoms with Crippen molar-refractivity contribution in [3.63, 3.8) is 0 Å². The quantitative estimate of drug-likeness (QED) is 0.229. The fourth-order valence-electron chi connectivity index (χ4n) is 4.80. The summed E-state index contributed by atoms with van der Waals surface area (Å²) in [5.41, 5.74) is 6.50. The minimum atomic E-state index is -0.156. The number of aromatic hydroxyl groups is 1. The Labute approximate surface area is 238 Å². The number of hydrogen-bond acceptors (Lipinski definition) is 5. The molecule has 0 saturated heterocycles. The summed E-state index contributed by atoms with van der Waals surface area (Å²) in [4.78, 5) is 17.9. The first-order chi connectivity index (χ1) is 20.0. The van der Waals surface area contributed by atoms with Crippen LogP contribution >= 0.6 is 0 Å². The zero-order chi connectivity index (χ0) is 28.2. The first-order valence-electron chi connectivity index (χ1n) is 13.2. The third kappa shape index (κ3) is 5.67. The van der Waals surface area contributed by atoms with Crippen LogP contribution < -0.4 is 16.1 Å². The molecular weight excluding hydrogens is 509 g/mol. The summed E-state index contributed by atoms with van der Waals surface area (Å²) in [6.45, 7) is 0.452. The third-order valence-corrected chi connectivity index (χ3v) is 6.84. The second-order valence-corrected chi connectivity index (χ2v) is 9.71. The lowest BCUT2D eigenvalue weighted by atomic mass is 9.99. The molecule has 0 atom stereocenters. The molecule has 0 unspecified atom stereocenters. The minimum Gasteiger partial charge on any atom is -0.507 e. The van der Waals surface area contributed by atoms with Crippen molar-refractivity contribution in [3.8, 4) is 17.0 Å². The number of phenols is 1. The first-order valence-corrected chi connectivity index (χ1v) is 13.2. The number of aromatic nitrogens is 3. The van der Waals surface area contributed by atoms with Gasteiger partial charge in [-0.2, -0.15) is 9.61 Å². The standard InChI is InChI=1S/C33H26BN5O2/c34-28-21-36-39-31(19-29(38-32(28)39)27-15-6-7-16-30(27)40)35-20-23-11-8-13-25(18-23)37-33(41)26-14-5-4-12-24(26)17-22-9-2-1-3-10-22/h1-16,18-19,21,35,40H,17,20H2,(H,37,41). The Morgan fingerprint density at radius 3 is 2.46 bits per heavy atom. The number of rotatable bonds is 8. The van der Waals surface area contributed by atoms with Crippen LogP contribution in [0.1, 0.15) is 27.0 Å². The Balaban J connectivity index is 1.21. The lowest BCUT2D eigenvalue weighted by Crippen LogP contribution is -2.15. The average molecular weight is 535 g/mol. The molecule has 2 radical (unpaired) electrons. The molecular formula is C33H26BN5O2. The number of nitrogens with zero attached hydrogens (tertiary/aromatic N) is 3. The maximum Gasteiger partial charge on any atom is 0.255 e. The first kappa shape index (κ1) is 25.9. The van der Waals surface area contributed by atoms with Gasteiger partial charge in [0.1, 0.15) is 19.4 Å². The topological polar surface area (TPSA) is 91.5 Å². The van der Waals surface area contributed by atoms with Gasteiger partial charge < -0.3 is 15.7 Å². The van der Waals surface area contributed by atoms with Gasteiger partial charge in [0.15, 0.2) is 5.65 Å². The molecule has 0 fully saturated rings. The zero-order valence-corrected chi connectivity index (χ0v) is 22.2. The van der Waals surface area contributed by atoms with E-state index in [1.807, 2.05) is 78.9 Å². The molecule has 8 heteroatoms. The third-order valence-electron chi connectivity index (χ3n) is 6.84. The van der Waals surface area contributed by atoms with E-state index in [4.69, 9.17) is 7.85 Å². The molecule has 0 spiro atoms. The van der Waals surface area contributed by atoms with Crippen LogP contribution in [-0.4, -0.2) is 33.5 Å². The number of nitrogens with one attached hydrogen (secondary N) is 2. The number of phenolic OH excluding ortho intramolecular Hbond substituents is 1. The molecule has 6 aromatic rings. The summed E-state index contributed by atoms with van der Waals surface area (Å²) in [5, 5.41) is 21.2. The predicted molar refractivity (Wildman–Crippen MR) is 163 cm³/mol. The van der Waals surface area contributed by atoms with Crippen LogP contribution in [0.5, 0.6) is 5.75 Å². The zero-order valence-electron chi connectivity index (χ0n) is 22.2. The minimum absolute atomic E-state index is 0.127. The lowest BCUT2D eigenvalue weighted by molar-refractivity contribution is 0.102. The predicted octanol–water partition coefficient (Wildman–Crippen LogP) is 5.35. The average Bonchev–Trinajstić information content (AvgIpc) is 3.37. The molecule has 0 aliphatic heterocycles. The van der Waals surface area contributed by atoms with Crippen LogP contribution in [0.2, 0.25) is 0 Å². The van der Waals surface area contributed by atoms with Gasteiger partial charge in [-0.25, -0.2) is 4.98 Å². The Kier molecular flexibility index (Phi) is 7.20. The summed E-state index contributed by atoms with van der Waals surface area (Å²) < 4.78 is 1.63. The monoisotopic (exact) mass is 535 g/mol. The van der Waals surface area contributed by atoms with Gasteiger partial charge in [0.05, 0.1) is 5.69 Å². The van der Waals surface area contributed by atoms with Gasteiger partial charge in [0.2, 0.25) is 0 Å². The van der Waals surface area contributed by atoms with Crippen molar-refractivity contribution in [2.75, 3.05) is 10.6 Å². The number of hydrogen-bond donors (Lipinski definition) is 3. The molecule has 0 bridgehead atoms. The van der Waals surface area contributed by atoms with Crippen LogP contribution in [-0.2, 0) is 13.0 Å². The van der Waals surface area contributed by atoms with Crippen molar-refractivity contribution < 1.29 is 9.90 Å². The van der Waals surface area contributed by atoms with E-state index in [2.05, 4.69) is 32.8 Å². The van der Waals surface area contributed by atoms with Crippen LogP contribution in [0.3, 0.4) is 0 Å². The summed E-state index contributed by atoms with van der Waals surface area (Å²) in [5.74, 6) is 0.633. The van der Waals surface area contributed by atoms with Crippen LogP contribution in [0.4, 0.5) is 11.5 Å². The maximum absolute atomic E-state index is 13.3. The Bertz CT molecular complexity index is 1850. The van der Waals surface area contributed by atoms with Gasteiger partial charge in [0.25, 0.3) is 5.91 Å². The van der Waals surface area contributed by atoms with E-state index in [0.717, 1.165) is 16.7 Å². The maximum atomic E-state index is 13.3. The Morgan fingerprint density at radius 1 is 0.854 bits per heavy atom. The Hall–Kier alpha value is -5.37. The molecule has 7 nitrogen and oxygen atoms in total. The highest BCUT2D eigenvalue weighted by Crippen LogP contribution is 2.29. The van der Waals surface area contributed by atoms with Crippen molar-refractivity contribution in [1.82, 2.24) is 14.6 Å². The Morgan fingerprint density at radius 2 is 1.61 bits per heavy atom. The highest BCUT2D eigenvalue weighted by Gasteiger charge is 2.14. The molecule has 198 valence electrons. The van der Waals surface area contributed by atoms with E-state index < -0.39 is 0 Å². The van der Waals surface area contributed by atoms with E-state index in [0.29, 0.717) is 52.4 Å². The summed E-state index contributed by atoms with van der Waals surface area (Å²) in [6.07, 6.45) is 2.23. The van der Waals surface area contributed by atoms with E-state index in [1.165, 1.54) is 0 Å². The van der Waals surface area contributed by atoms with Crippen molar-refractivity contribution in [2.24, 2.45) is 0 Å². The molecule has 6 rings (SSSR count). The van der Waals surface area contributed by atoms with Crippen LogP contribution in [0.25, 0.3) is 16.9 Å². The van der Waals surface area contributed by atoms with Gasteiger partial charge in [0, 0.05) is 35.6 Å². The van der Waals surface area contributed by atoms with E-state index >= 15 is 0 Å². The largest absolute Gasteiger partial charge is 0.507 e. The van der Waals surface area contributed by atoms with Crippen molar-refractivity contribution in [1.29, 1.82) is 0 Å². The summed E-state index contributed by atoms with van der Waals surface area (Å²) in [7, 11) is 6.13. The molecule has 4 aromatic carbocycles. The van der Waals surface area contributed by atoms with E-state index in [9.17, 15) is 9.90 Å². The van der Waals surface area contributed by atoms with Gasteiger partial charge in [-0.1, -0.05) is 72.8 Å². The molecule has 0 aliphatic carbocycles. The lowest BCUT2D eigenvalue weighted by Gasteiger charge is -2.13. The number of benzene rings is 4. The smallest absolute Gasteiger partial charge is 0.255 e. The molecule has 0 aliphatic rings. The second-order valence-electron chi connectivity index (χ2n) is 9.71. The summed E-state index contributed by atoms with van der Waals surface area (Å²) in [6, 6.07) is 34.3. The second kappa shape index (κ2) is 11.4. The van der Waals surface area contributed by atoms with E-state index in [1.54, 1.807) is 28.9 Å². The molecule has 0 saturated carbocycles. The van der Waals surface area contributed by atoms with Gasteiger partial charge in [-0.3, -0.25) is 4.79 Å². The highest BCUT2D eigenvalue weighted by molar-refractivity contribution is 6.36. The van der Waals surface area contributed by atoms with Crippen LogP contribution in [0.15, 0.2) is 115 Å². The number of carbonyl (C=O) groups excluding carboxylic acids is 1. The summed E-state index contributed by atoms with van der Waals surface area (Å²) >= 11 is 0. The van der Waals surface area contributed by atoms with Crippen molar-refractivity contribution in [3.05, 3.63) is 138 Å². The molecule has 3 N–H and O–H groups in total. The van der Waals surface area contributed by atoms with Crippen molar-refractivity contribution in [2.45, 2.75) is 13.0 Å². The number of anilines is 2. The normalized spacial score (nSPS) is 10.9. The fourth-order valence-corrected chi connectivity index (χ4v) is 4.80. The van der Waals surface area contributed by atoms with Gasteiger partial charge in [-0.15, -0.1) is 0 Å². The molecule has 2 aromatic heterocycles. The molecule has 41 heavy (non-hydrogen) atoms. The number of para-hydroxylation sites is 1. The number of amides is 1. The molecule has 1 amide bonds. The highest BCUT2D eigenvalue weighted by atomic mass is 16.3.